The van der Waals surface area contributed by atoms with Gasteiger partial charge in [0, 0.05) is 23.8 Å². The summed E-state index contributed by atoms with van der Waals surface area (Å²) in [5.74, 6) is -0.266. The molecule has 1 rings (SSSR count). The molecule has 1 N–H and O–H groups in total. The minimum Gasteiger partial charge on any atom is -0.468 e. The number of carbonyl (C=O) groups excluding carboxylic acids is 1. The summed E-state index contributed by atoms with van der Waals surface area (Å²) in [4.78, 5) is 11.7. The van der Waals surface area contributed by atoms with Gasteiger partial charge in [0.25, 0.3) is 0 Å². The molecule has 0 aromatic carbocycles. The van der Waals surface area contributed by atoms with Gasteiger partial charge in [0.05, 0.1) is 12.8 Å². The van der Waals surface area contributed by atoms with Crippen LogP contribution in [-0.2, 0) is 16.1 Å². The van der Waals surface area contributed by atoms with Gasteiger partial charge >= 0.3 is 5.97 Å². The fraction of sp³-hybridized carbons (Fsp3) is 0.714. The number of aryl methyl sites for hydroxylation is 2. The van der Waals surface area contributed by atoms with E-state index in [2.05, 4.69) is 24.3 Å². The van der Waals surface area contributed by atoms with Crippen molar-refractivity contribution in [3.63, 3.8) is 0 Å². The van der Waals surface area contributed by atoms with Crippen LogP contribution in [0.4, 0.5) is 0 Å². The van der Waals surface area contributed by atoms with Crippen molar-refractivity contribution in [3.8, 4) is 0 Å². The molecule has 1 atom stereocenters. The second-order valence-electron chi connectivity index (χ2n) is 5.38. The lowest BCUT2D eigenvalue weighted by molar-refractivity contribution is -0.147. The molecule has 0 radical (unpaired) electrons. The lowest BCUT2D eigenvalue weighted by Gasteiger charge is -2.28. The Morgan fingerprint density at radius 1 is 1.47 bits per heavy atom. The molecule has 0 aliphatic carbocycles. The summed E-state index contributed by atoms with van der Waals surface area (Å²) in [5, 5.41) is 7.82. The van der Waals surface area contributed by atoms with Crippen LogP contribution in [0.15, 0.2) is 0 Å². The van der Waals surface area contributed by atoms with Crippen LogP contribution in [0.2, 0.25) is 0 Å². The highest BCUT2D eigenvalue weighted by atomic mass is 16.5. The Morgan fingerprint density at radius 2 is 2.05 bits per heavy atom. The fourth-order valence-corrected chi connectivity index (χ4v) is 2.57. The van der Waals surface area contributed by atoms with Gasteiger partial charge < -0.3 is 4.74 Å². The number of nitrogens with zero attached hydrogens (tertiary/aromatic N) is 2. The number of hydrogen-bond donors (Lipinski definition) is 1. The molecule has 0 saturated heterocycles. The smallest absolute Gasteiger partial charge is 0.325 e. The second kappa shape index (κ2) is 5.74. The molecule has 0 amide bonds. The molecular formula is C14H25N3O2. The first-order chi connectivity index (χ1) is 8.74. The molecule has 108 valence electrons. The van der Waals surface area contributed by atoms with Crippen molar-refractivity contribution >= 4 is 5.97 Å². The summed E-state index contributed by atoms with van der Waals surface area (Å²) >= 11 is 0. The molecule has 5 heteroatoms. The van der Waals surface area contributed by atoms with Gasteiger partial charge in [0.1, 0.15) is 5.54 Å². The van der Waals surface area contributed by atoms with E-state index in [0.717, 1.165) is 23.5 Å². The van der Waals surface area contributed by atoms with E-state index in [4.69, 9.17) is 4.74 Å². The van der Waals surface area contributed by atoms with Gasteiger partial charge in [-0.2, -0.15) is 5.10 Å². The van der Waals surface area contributed by atoms with Gasteiger partial charge in [0.2, 0.25) is 0 Å². The number of carbonyl (C=O) groups is 1. The van der Waals surface area contributed by atoms with E-state index in [1.54, 1.807) is 0 Å². The van der Waals surface area contributed by atoms with Gasteiger partial charge in [-0.25, -0.2) is 0 Å². The third-order valence-electron chi connectivity index (χ3n) is 3.44. The quantitative estimate of drug-likeness (QED) is 0.830. The highest BCUT2D eigenvalue weighted by Crippen LogP contribution is 2.23. The maximum Gasteiger partial charge on any atom is 0.325 e. The summed E-state index contributed by atoms with van der Waals surface area (Å²) in [6, 6.07) is 0.0365. The van der Waals surface area contributed by atoms with E-state index in [1.807, 2.05) is 32.4 Å². The van der Waals surface area contributed by atoms with Crippen molar-refractivity contribution in [1.82, 2.24) is 15.1 Å². The van der Waals surface area contributed by atoms with E-state index in [9.17, 15) is 4.79 Å². The number of methoxy groups -OCH3 is 1. The van der Waals surface area contributed by atoms with Crippen LogP contribution in [0.5, 0.6) is 0 Å². The molecule has 0 aliphatic heterocycles. The average Bonchev–Trinajstić information content (AvgIpc) is 2.62. The lowest BCUT2D eigenvalue weighted by Crippen LogP contribution is -2.48. The largest absolute Gasteiger partial charge is 0.468 e. The molecule has 19 heavy (non-hydrogen) atoms. The monoisotopic (exact) mass is 267 g/mol. The maximum absolute atomic E-state index is 11.7. The first-order valence-electron chi connectivity index (χ1n) is 6.64. The molecule has 1 heterocycles. The maximum atomic E-state index is 11.7. The number of nitrogens with one attached hydrogen (secondary N) is 1. The van der Waals surface area contributed by atoms with E-state index in [-0.39, 0.29) is 12.0 Å². The first kappa shape index (κ1) is 15.7. The Balaban J connectivity index is 2.99. The average molecular weight is 267 g/mol. The van der Waals surface area contributed by atoms with Crippen molar-refractivity contribution in [3.05, 3.63) is 17.0 Å². The topological polar surface area (TPSA) is 56.2 Å². The molecule has 1 aromatic rings. The molecule has 0 spiro atoms. The number of ether oxygens (including phenoxy) is 1. The molecule has 0 bridgehead atoms. The van der Waals surface area contributed by atoms with Crippen molar-refractivity contribution in [2.75, 3.05) is 7.11 Å². The highest BCUT2D eigenvalue weighted by Gasteiger charge is 2.31. The number of esters is 1. The Kier molecular flexibility index (Phi) is 4.74. The zero-order valence-electron chi connectivity index (χ0n) is 13.0. The van der Waals surface area contributed by atoms with Crippen LogP contribution in [-0.4, -0.2) is 28.4 Å². The van der Waals surface area contributed by atoms with Crippen LogP contribution in [0.3, 0.4) is 0 Å². The summed E-state index contributed by atoms with van der Waals surface area (Å²) < 4.78 is 6.80. The van der Waals surface area contributed by atoms with Gasteiger partial charge in [-0.15, -0.1) is 0 Å². The van der Waals surface area contributed by atoms with Crippen LogP contribution in [0.25, 0.3) is 0 Å². The third kappa shape index (κ3) is 3.15. The van der Waals surface area contributed by atoms with Crippen LogP contribution < -0.4 is 5.32 Å². The summed E-state index contributed by atoms with van der Waals surface area (Å²) in [6.07, 6.45) is 0. The van der Waals surface area contributed by atoms with Gasteiger partial charge in [-0.1, -0.05) is 0 Å². The Bertz CT molecular complexity index is 464. The Labute approximate surface area is 115 Å². The van der Waals surface area contributed by atoms with Crippen LogP contribution >= 0.6 is 0 Å². The molecule has 1 unspecified atom stereocenters. The zero-order valence-corrected chi connectivity index (χ0v) is 13.0. The SMILES string of the molecule is CCn1nc(C)c(C(C)NC(C)(C)C(=O)OC)c1C. The second-order valence-corrected chi connectivity index (χ2v) is 5.38. The third-order valence-corrected chi connectivity index (χ3v) is 3.44. The molecule has 0 fully saturated rings. The molecule has 0 aliphatic rings. The lowest BCUT2D eigenvalue weighted by atomic mass is 10.00. The standard InChI is InChI=1S/C14H25N3O2/c1-8-17-11(4)12(10(3)16-17)9(2)15-14(5,6)13(18)19-7/h9,15H,8H2,1-7H3. The Hall–Kier alpha value is -1.36. The minimum atomic E-state index is -0.721. The van der Waals surface area contributed by atoms with E-state index < -0.39 is 5.54 Å². The van der Waals surface area contributed by atoms with E-state index in [0.29, 0.717) is 0 Å². The fourth-order valence-electron chi connectivity index (χ4n) is 2.57. The number of hydrogen-bond acceptors (Lipinski definition) is 4. The first-order valence-corrected chi connectivity index (χ1v) is 6.64. The van der Waals surface area contributed by atoms with Crippen molar-refractivity contribution in [2.24, 2.45) is 0 Å². The normalized spacial score (nSPS) is 13.4. The Morgan fingerprint density at radius 3 is 2.47 bits per heavy atom. The summed E-state index contributed by atoms with van der Waals surface area (Å²) in [6.45, 7) is 12.7. The molecular weight excluding hydrogens is 242 g/mol. The van der Waals surface area contributed by atoms with Gasteiger partial charge in [-0.05, 0) is 41.5 Å². The predicted molar refractivity (Wildman–Crippen MR) is 75.0 cm³/mol. The van der Waals surface area contributed by atoms with Gasteiger partial charge in [-0.3, -0.25) is 14.8 Å². The van der Waals surface area contributed by atoms with Crippen LogP contribution in [0, 0.1) is 13.8 Å². The van der Waals surface area contributed by atoms with E-state index >= 15 is 0 Å². The predicted octanol–water partition coefficient (Wildman–Crippen LogP) is 2.12. The number of aromatic nitrogens is 2. The molecule has 0 saturated carbocycles. The highest BCUT2D eigenvalue weighted by molar-refractivity contribution is 5.79. The van der Waals surface area contributed by atoms with Crippen LogP contribution in [0.1, 0.15) is 50.7 Å². The van der Waals surface area contributed by atoms with Gasteiger partial charge in [0.15, 0.2) is 0 Å². The minimum absolute atomic E-state index is 0.0365. The van der Waals surface area contributed by atoms with Crippen molar-refractivity contribution in [1.29, 1.82) is 0 Å². The summed E-state index contributed by atoms with van der Waals surface area (Å²) in [7, 11) is 1.40. The number of rotatable bonds is 5. The summed E-state index contributed by atoms with van der Waals surface area (Å²) in [5.41, 5.74) is 2.57. The van der Waals surface area contributed by atoms with Crippen molar-refractivity contribution < 1.29 is 9.53 Å². The van der Waals surface area contributed by atoms with Crippen molar-refractivity contribution in [2.45, 2.75) is 59.7 Å². The zero-order chi connectivity index (χ0) is 14.8. The molecule has 5 nitrogen and oxygen atoms in total. The van der Waals surface area contributed by atoms with E-state index in [1.165, 1.54) is 7.11 Å². The molecule has 1 aromatic heterocycles.